The standard InChI is InChI=1S/C14H23N3OS/c1-9-12(19-11(3)16-9)10(2)17-13(18)14(4)5-7-15-8-6-14/h10,15H,5-8H2,1-4H3,(H,17,18). The van der Waals surface area contributed by atoms with Crippen LogP contribution in [0.15, 0.2) is 0 Å². The van der Waals surface area contributed by atoms with Gasteiger partial charge in [-0.2, -0.15) is 0 Å². The van der Waals surface area contributed by atoms with E-state index in [9.17, 15) is 4.79 Å². The number of nitrogens with one attached hydrogen (secondary N) is 2. The highest BCUT2D eigenvalue weighted by Gasteiger charge is 2.35. The first-order valence-electron chi connectivity index (χ1n) is 6.88. The van der Waals surface area contributed by atoms with Gasteiger partial charge in [0.05, 0.1) is 16.7 Å². The Hall–Kier alpha value is -0.940. The van der Waals surface area contributed by atoms with Crippen LogP contribution in [0.3, 0.4) is 0 Å². The maximum atomic E-state index is 12.5. The van der Waals surface area contributed by atoms with Crippen LogP contribution in [-0.2, 0) is 4.79 Å². The molecule has 1 fully saturated rings. The molecule has 2 N–H and O–H groups in total. The monoisotopic (exact) mass is 281 g/mol. The van der Waals surface area contributed by atoms with Gasteiger partial charge in [-0.3, -0.25) is 4.79 Å². The predicted octanol–water partition coefficient (Wildman–Crippen LogP) is 2.33. The molecule has 4 nitrogen and oxygen atoms in total. The minimum Gasteiger partial charge on any atom is -0.348 e. The van der Waals surface area contributed by atoms with E-state index in [2.05, 4.69) is 22.5 Å². The molecular formula is C14H23N3OS. The highest BCUT2D eigenvalue weighted by molar-refractivity contribution is 7.11. The summed E-state index contributed by atoms with van der Waals surface area (Å²) < 4.78 is 0. The van der Waals surface area contributed by atoms with Crippen LogP contribution in [0, 0.1) is 19.3 Å². The molecule has 2 heterocycles. The van der Waals surface area contributed by atoms with Crippen LogP contribution in [0.1, 0.15) is 48.3 Å². The van der Waals surface area contributed by atoms with E-state index in [1.54, 1.807) is 11.3 Å². The summed E-state index contributed by atoms with van der Waals surface area (Å²) in [6.07, 6.45) is 1.82. The zero-order chi connectivity index (χ0) is 14.0. The second kappa shape index (κ2) is 5.59. The van der Waals surface area contributed by atoms with Crippen molar-refractivity contribution in [2.75, 3.05) is 13.1 Å². The number of hydrogen-bond acceptors (Lipinski definition) is 4. The molecule has 106 valence electrons. The van der Waals surface area contributed by atoms with Crippen molar-refractivity contribution >= 4 is 17.2 Å². The number of carbonyl (C=O) groups excluding carboxylic acids is 1. The Morgan fingerprint density at radius 2 is 2.05 bits per heavy atom. The van der Waals surface area contributed by atoms with Gasteiger partial charge in [0.2, 0.25) is 5.91 Å². The van der Waals surface area contributed by atoms with E-state index in [0.29, 0.717) is 0 Å². The third kappa shape index (κ3) is 3.15. The summed E-state index contributed by atoms with van der Waals surface area (Å²) in [7, 11) is 0. The SMILES string of the molecule is Cc1nc(C)c(C(C)NC(=O)C2(C)CCNCC2)s1. The molecule has 1 atom stereocenters. The van der Waals surface area contributed by atoms with E-state index >= 15 is 0 Å². The summed E-state index contributed by atoms with van der Waals surface area (Å²) in [5.74, 6) is 0.173. The van der Waals surface area contributed by atoms with E-state index in [4.69, 9.17) is 0 Å². The molecule has 1 saturated heterocycles. The van der Waals surface area contributed by atoms with Gasteiger partial charge in [-0.25, -0.2) is 4.98 Å². The number of thiazole rings is 1. The lowest BCUT2D eigenvalue weighted by atomic mass is 9.80. The first-order chi connectivity index (χ1) is 8.92. The van der Waals surface area contributed by atoms with E-state index in [0.717, 1.165) is 36.6 Å². The van der Waals surface area contributed by atoms with E-state index in [1.165, 1.54) is 4.88 Å². The Morgan fingerprint density at radius 1 is 1.42 bits per heavy atom. The van der Waals surface area contributed by atoms with Crippen LogP contribution >= 0.6 is 11.3 Å². The topological polar surface area (TPSA) is 54.0 Å². The first-order valence-corrected chi connectivity index (χ1v) is 7.69. The molecule has 1 amide bonds. The number of carbonyl (C=O) groups is 1. The molecule has 0 aromatic carbocycles. The number of nitrogens with zero attached hydrogens (tertiary/aromatic N) is 1. The molecule has 1 aliphatic heterocycles. The van der Waals surface area contributed by atoms with Gasteiger partial charge in [0.1, 0.15) is 0 Å². The van der Waals surface area contributed by atoms with Crippen LogP contribution in [0.4, 0.5) is 0 Å². The third-order valence-electron chi connectivity index (χ3n) is 3.94. The first kappa shape index (κ1) is 14.5. The Balaban J connectivity index is 2.04. The van der Waals surface area contributed by atoms with Crippen molar-refractivity contribution in [3.63, 3.8) is 0 Å². The summed E-state index contributed by atoms with van der Waals surface area (Å²) >= 11 is 1.67. The molecule has 1 unspecified atom stereocenters. The van der Waals surface area contributed by atoms with Crippen molar-refractivity contribution in [2.24, 2.45) is 5.41 Å². The lowest BCUT2D eigenvalue weighted by Gasteiger charge is -2.33. The van der Waals surface area contributed by atoms with Crippen LogP contribution in [0.25, 0.3) is 0 Å². The predicted molar refractivity (Wildman–Crippen MR) is 78.4 cm³/mol. The Labute approximate surface area is 119 Å². The largest absolute Gasteiger partial charge is 0.348 e. The van der Waals surface area contributed by atoms with Gasteiger partial charge in [-0.1, -0.05) is 6.92 Å². The smallest absolute Gasteiger partial charge is 0.226 e. The second-order valence-electron chi connectivity index (χ2n) is 5.69. The fraction of sp³-hybridized carbons (Fsp3) is 0.714. The maximum Gasteiger partial charge on any atom is 0.226 e. The Morgan fingerprint density at radius 3 is 2.58 bits per heavy atom. The number of aryl methyl sites for hydroxylation is 2. The zero-order valence-electron chi connectivity index (χ0n) is 12.2. The molecule has 1 aromatic rings. The Kier molecular flexibility index (Phi) is 4.26. The molecule has 0 radical (unpaired) electrons. The van der Waals surface area contributed by atoms with Crippen molar-refractivity contribution in [3.05, 3.63) is 15.6 Å². The van der Waals surface area contributed by atoms with Gasteiger partial charge >= 0.3 is 0 Å². The number of aromatic nitrogens is 1. The molecule has 5 heteroatoms. The van der Waals surface area contributed by atoms with Crippen molar-refractivity contribution in [2.45, 2.75) is 46.6 Å². The molecule has 2 rings (SSSR count). The van der Waals surface area contributed by atoms with E-state index < -0.39 is 0 Å². The van der Waals surface area contributed by atoms with Gasteiger partial charge in [-0.15, -0.1) is 11.3 Å². The fourth-order valence-corrected chi connectivity index (χ4v) is 3.52. The van der Waals surface area contributed by atoms with E-state index in [1.807, 2.05) is 20.8 Å². The molecule has 0 saturated carbocycles. The van der Waals surface area contributed by atoms with Gasteiger partial charge < -0.3 is 10.6 Å². The zero-order valence-corrected chi connectivity index (χ0v) is 13.0. The normalized spacial score (nSPS) is 20.0. The molecule has 19 heavy (non-hydrogen) atoms. The van der Waals surface area contributed by atoms with Crippen LogP contribution in [0.5, 0.6) is 0 Å². The number of hydrogen-bond donors (Lipinski definition) is 2. The number of piperidine rings is 1. The molecule has 1 aliphatic rings. The number of rotatable bonds is 3. The van der Waals surface area contributed by atoms with Gasteiger partial charge in [0.15, 0.2) is 0 Å². The minimum atomic E-state index is -0.229. The molecule has 0 spiro atoms. The van der Waals surface area contributed by atoms with Gasteiger partial charge in [0, 0.05) is 10.3 Å². The lowest BCUT2D eigenvalue weighted by molar-refractivity contribution is -0.132. The summed E-state index contributed by atoms with van der Waals surface area (Å²) in [6.45, 7) is 9.98. The highest BCUT2D eigenvalue weighted by Crippen LogP contribution is 2.30. The third-order valence-corrected chi connectivity index (χ3v) is 5.19. The van der Waals surface area contributed by atoms with Crippen molar-refractivity contribution in [1.29, 1.82) is 0 Å². The molecule has 1 aromatic heterocycles. The lowest BCUT2D eigenvalue weighted by Crippen LogP contribution is -2.46. The summed E-state index contributed by atoms with van der Waals surface area (Å²) in [5.41, 5.74) is 0.804. The summed E-state index contributed by atoms with van der Waals surface area (Å²) in [6, 6.07) is 0.0467. The van der Waals surface area contributed by atoms with Crippen molar-refractivity contribution in [1.82, 2.24) is 15.6 Å². The number of amides is 1. The van der Waals surface area contributed by atoms with E-state index in [-0.39, 0.29) is 17.4 Å². The van der Waals surface area contributed by atoms with Gasteiger partial charge in [0.25, 0.3) is 0 Å². The summed E-state index contributed by atoms with van der Waals surface area (Å²) in [4.78, 5) is 18.1. The minimum absolute atomic E-state index is 0.0467. The molecule has 0 bridgehead atoms. The van der Waals surface area contributed by atoms with Crippen molar-refractivity contribution < 1.29 is 4.79 Å². The fourth-order valence-electron chi connectivity index (χ4n) is 2.59. The van der Waals surface area contributed by atoms with Gasteiger partial charge in [-0.05, 0) is 46.7 Å². The average Bonchev–Trinajstić information content (AvgIpc) is 2.69. The van der Waals surface area contributed by atoms with Crippen molar-refractivity contribution in [3.8, 4) is 0 Å². The second-order valence-corrected chi connectivity index (χ2v) is 6.92. The molecular weight excluding hydrogens is 258 g/mol. The maximum absolute atomic E-state index is 12.5. The van der Waals surface area contributed by atoms with Crippen LogP contribution < -0.4 is 10.6 Å². The Bertz CT molecular complexity index is 463. The quantitative estimate of drug-likeness (QED) is 0.894. The summed E-state index contributed by atoms with van der Waals surface area (Å²) in [5, 5.41) is 7.53. The van der Waals surface area contributed by atoms with Crippen LogP contribution in [0.2, 0.25) is 0 Å². The molecule has 0 aliphatic carbocycles. The average molecular weight is 281 g/mol. The highest BCUT2D eigenvalue weighted by atomic mass is 32.1. The van der Waals surface area contributed by atoms with Crippen LogP contribution in [-0.4, -0.2) is 24.0 Å².